The number of hydrogen-bond donors (Lipinski definition) is 2. The average molecular weight is 260 g/mol. The molecule has 5 nitrogen and oxygen atoms in total. The lowest BCUT2D eigenvalue weighted by molar-refractivity contribution is 0.218. The Labute approximate surface area is 113 Å². The summed E-state index contributed by atoms with van der Waals surface area (Å²) in [5.41, 5.74) is 7.93. The summed E-state index contributed by atoms with van der Waals surface area (Å²) in [6.07, 6.45) is 2.63. The van der Waals surface area contributed by atoms with Crippen molar-refractivity contribution in [2.75, 3.05) is 5.73 Å². The van der Waals surface area contributed by atoms with Gasteiger partial charge in [0, 0.05) is 36.0 Å². The summed E-state index contributed by atoms with van der Waals surface area (Å²) in [5.74, 6) is 0.346. The second-order valence-electron chi connectivity index (χ2n) is 5.74. The molecule has 102 valence electrons. The van der Waals surface area contributed by atoms with Gasteiger partial charge in [0.1, 0.15) is 11.9 Å². The molecule has 0 aromatic carbocycles. The predicted molar refractivity (Wildman–Crippen MR) is 74.6 cm³/mol. The highest BCUT2D eigenvalue weighted by molar-refractivity contribution is 5.45. The van der Waals surface area contributed by atoms with Gasteiger partial charge in [0.05, 0.1) is 5.69 Å². The minimum atomic E-state index is -0.809. The summed E-state index contributed by atoms with van der Waals surface area (Å²) in [6.45, 7) is 6.20. The van der Waals surface area contributed by atoms with Crippen LogP contribution in [0.25, 0.3) is 0 Å². The molecule has 0 bridgehead atoms. The van der Waals surface area contributed by atoms with E-state index in [1.54, 1.807) is 23.0 Å². The zero-order valence-corrected chi connectivity index (χ0v) is 11.8. The highest BCUT2D eigenvalue weighted by Crippen LogP contribution is 2.32. The summed E-state index contributed by atoms with van der Waals surface area (Å²) < 4.78 is 1.71. The second-order valence-corrected chi connectivity index (χ2v) is 5.74. The number of pyridine rings is 1. The van der Waals surface area contributed by atoms with Gasteiger partial charge in [-0.2, -0.15) is 5.10 Å². The van der Waals surface area contributed by atoms with Crippen LogP contribution in [0.4, 0.5) is 5.82 Å². The summed E-state index contributed by atoms with van der Waals surface area (Å²) in [4.78, 5) is 4.01. The zero-order valence-electron chi connectivity index (χ0n) is 11.8. The normalized spacial score (nSPS) is 13.5. The van der Waals surface area contributed by atoms with Crippen LogP contribution in [0.2, 0.25) is 0 Å². The third kappa shape index (κ3) is 2.61. The van der Waals surface area contributed by atoms with E-state index in [0.717, 1.165) is 11.3 Å². The van der Waals surface area contributed by atoms with Crippen molar-refractivity contribution >= 4 is 5.82 Å². The van der Waals surface area contributed by atoms with Crippen LogP contribution in [0.3, 0.4) is 0 Å². The number of aliphatic hydroxyl groups excluding tert-OH is 1. The lowest BCUT2D eigenvalue weighted by atomic mass is 9.87. The molecule has 5 heteroatoms. The van der Waals surface area contributed by atoms with E-state index in [2.05, 4.69) is 30.9 Å². The largest absolute Gasteiger partial charge is 0.383 e. The van der Waals surface area contributed by atoms with Gasteiger partial charge >= 0.3 is 0 Å². The molecule has 0 aliphatic carbocycles. The first-order valence-electron chi connectivity index (χ1n) is 6.23. The lowest BCUT2D eigenvalue weighted by Crippen LogP contribution is -2.17. The third-order valence-corrected chi connectivity index (χ3v) is 3.03. The Morgan fingerprint density at radius 1 is 1.32 bits per heavy atom. The van der Waals surface area contributed by atoms with Gasteiger partial charge in [-0.05, 0) is 6.07 Å². The Kier molecular flexibility index (Phi) is 3.32. The molecule has 0 saturated carbocycles. The molecule has 1 atom stereocenters. The van der Waals surface area contributed by atoms with E-state index < -0.39 is 6.10 Å². The van der Waals surface area contributed by atoms with Crippen LogP contribution < -0.4 is 5.73 Å². The number of anilines is 1. The van der Waals surface area contributed by atoms with Gasteiger partial charge in [-0.15, -0.1) is 0 Å². The van der Waals surface area contributed by atoms with Crippen molar-refractivity contribution in [2.24, 2.45) is 7.05 Å². The number of rotatable bonds is 2. The van der Waals surface area contributed by atoms with Gasteiger partial charge in [-0.25, -0.2) is 4.98 Å². The first-order chi connectivity index (χ1) is 8.80. The maximum Gasteiger partial charge on any atom is 0.129 e. The highest BCUT2D eigenvalue weighted by Gasteiger charge is 2.27. The smallest absolute Gasteiger partial charge is 0.129 e. The van der Waals surface area contributed by atoms with Gasteiger partial charge in [-0.3, -0.25) is 4.68 Å². The fraction of sp³-hybridized carbons (Fsp3) is 0.429. The molecule has 2 rings (SSSR count). The van der Waals surface area contributed by atoms with E-state index in [1.807, 2.05) is 13.2 Å². The number of aliphatic hydroxyl groups is 1. The van der Waals surface area contributed by atoms with E-state index in [9.17, 15) is 5.11 Å². The molecule has 0 amide bonds. The molecular formula is C14H20N4O. The number of hydrogen-bond acceptors (Lipinski definition) is 4. The van der Waals surface area contributed by atoms with Gasteiger partial charge in [-0.1, -0.05) is 26.8 Å². The van der Waals surface area contributed by atoms with E-state index in [1.165, 1.54) is 0 Å². The maximum absolute atomic E-state index is 10.6. The van der Waals surface area contributed by atoms with Crippen molar-refractivity contribution in [1.82, 2.24) is 14.8 Å². The number of nitrogens with two attached hydrogens (primary N) is 1. The van der Waals surface area contributed by atoms with Gasteiger partial charge in [0.2, 0.25) is 0 Å². The monoisotopic (exact) mass is 260 g/mol. The van der Waals surface area contributed by atoms with Crippen LogP contribution in [-0.4, -0.2) is 19.9 Å². The van der Waals surface area contributed by atoms with Crippen molar-refractivity contribution in [3.63, 3.8) is 0 Å². The molecule has 1 unspecified atom stereocenters. The topological polar surface area (TPSA) is 77.0 Å². The molecule has 0 aliphatic heterocycles. The van der Waals surface area contributed by atoms with Gasteiger partial charge < -0.3 is 10.8 Å². The van der Waals surface area contributed by atoms with Crippen LogP contribution >= 0.6 is 0 Å². The Balaban J connectivity index is 2.51. The van der Waals surface area contributed by atoms with E-state index in [4.69, 9.17) is 5.73 Å². The molecule has 19 heavy (non-hydrogen) atoms. The Morgan fingerprint density at radius 2 is 2.00 bits per heavy atom. The minimum absolute atomic E-state index is 0.144. The summed E-state index contributed by atoms with van der Waals surface area (Å²) in [7, 11) is 1.85. The van der Waals surface area contributed by atoms with Gasteiger partial charge in [0.15, 0.2) is 0 Å². The Morgan fingerprint density at radius 3 is 2.58 bits per heavy atom. The fourth-order valence-corrected chi connectivity index (χ4v) is 2.12. The first kappa shape index (κ1) is 13.5. The molecule has 0 spiro atoms. The third-order valence-electron chi connectivity index (χ3n) is 3.03. The van der Waals surface area contributed by atoms with Crippen LogP contribution in [0, 0.1) is 0 Å². The molecule has 0 radical (unpaired) electrons. The van der Waals surface area contributed by atoms with Crippen molar-refractivity contribution in [3.05, 3.63) is 41.3 Å². The SMILES string of the molecule is Cn1cc(C(O)c2cccnc2N)c(C(C)(C)C)n1. The first-order valence-corrected chi connectivity index (χ1v) is 6.23. The highest BCUT2D eigenvalue weighted by atomic mass is 16.3. The van der Waals surface area contributed by atoms with Crippen molar-refractivity contribution in [3.8, 4) is 0 Å². The van der Waals surface area contributed by atoms with Crippen LogP contribution in [-0.2, 0) is 12.5 Å². The Bertz CT molecular complexity index is 583. The zero-order chi connectivity index (χ0) is 14.2. The van der Waals surface area contributed by atoms with Crippen molar-refractivity contribution < 1.29 is 5.11 Å². The van der Waals surface area contributed by atoms with Crippen molar-refractivity contribution in [2.45, 2.75) is 32.3 Å². The fourth-order valence-electron chi connectivity index (χ4n) is 2.12. The average Bonchev–Trinajstić information content (AvgIpc) is 2.71. The van der Waals surface area contributed by atoms with E-state index >= 15 is 0 Å². The van der Waals surface area contributed by atoms with Crippen LogP contribution in [0.15, 0.2) is 24.5 Å². The maximum atomic E-state index is 10.6. The molecule has 3 N–H and O–H groups in total. The standard InChI is InChI=1S/C14H20N4O/c1-14(2,3)12-10(8-18(4)17-12)11(19)9-6-5-7-16-13(9)15/h5-8,11,19H,1-4H3,(H2,15,16). The van der Waals surface area contributed by atoms with Crippen LogP contribution in [0.5, 0.6) is 0 Å². The van der Waals surface area contributed by atoms with Gasteiger partial charge in [0.25, 0.3) is 0 Å². The molecule has 2 heterocycles. The van der Waals surface area contributed by atoms with Crippen LogP contribution in [0.1, 0.15) is 43.7 Å². The number of aromatic nitrogens is 3. The van der Waals surface area contributed by atoms with Crippen molar-refractivity contribution in [1.29, 1.82) is 0 Å². The molecule has 0 fully saturated rings. The second kappa shape index (κ2) is 4.66. The molecule has 2 aromatic heterocycles. The van der Waals surface area contributed by atoms with E-state index in [0.29, 0.717) is 11.4 Å². The Hall–Kier alpha value is -1.88. The molecule has 0 aliphatic rings. The lowest BCUT2D eigenvalue weighted by Gasteiger charge is -2.20. The predicted octanol–water partition coefficient (Wildman–Crippen LogP) is 1.78. The molecular weight excluding hydrogens is 240 g/mol. The minimum Gasteiger partial charge on any atom is -0.383 e. The quantitative estimate of drug-likeness (QED) is 0.862. The van der Waals surface area contributed by atoms with E-state index in [-0.39, 0.29) is 5.41 Å². The molecule has 0 saturated heterocycles. The molecule has 2 aromatic rings. The number of nitrogen functional groups attached to an aromatic ring is 1. The number of aryl methyl sites for hydroxylation is 1. The summed E-state index contributed by atoms with van der Waals surface area (Å²) in [5, 5.41) is 15.0. The summed E-state index contributed by atoms with van der Waals surface area (Å²) >= 11 is 0. The summed E-state index contributed by atoms with van der Waals surface area (Å²) in [6, 6.07) is 3.55. The number of nitrogens with zero attached hydrogens (tertiary/aromatic N) is 3.